The Kier molecular flexibility index (Phi) is 5.75. The maximum atomic E-state index is 12.7. The third-order valence-electron chi connectivity index (χ3n) is 5.72. The van der Waals surface area contributed by atoms with Crippen molar-refractivity contribution in [2.75, 3.05) is 26.1 Å². The average Bonchev–Trinajstić information content (AvgIpc) is 3.20. The van der Waals surface area contributed by atoms with Gasteiger partial charge in [0.1, 0.15) is 24.3 Å². The zero-order valence-electron chi connectivity index (χ0n) is 17.6. The van der Waals surface area contributed by atoms with Crippen LogP contribution >= 0.6 is 0 Å². The Morgan fingerprint density at radius 3 is 2.68 bits per heavy atom. The van der Waals surface area contributed by atoms with Crippen molar-refractivity contribution >= 4 is 22.9 Å². The smallest absolute Gasteiger partial charge is 0.255 e. The summed E-state index contributed by atoms with van der Waals surface area (Å²) >= 11 is 0. The molecule has 10 heteroatoms. The third-order valence-corrected chi connectivity index (χ3v) is 5.72. The summed E-state index contributed by atoms with van der Waals surface area (Å²) in [5.74, 6) is 0.769. The molecule has 10 nitrogen and oxygen atoms in total. The maximum Gasteiger partial charge on any atom is 0.255 e. The van der Waals surface area contributed by atoms with Gasteiger partial charge >= 0.3 is 0 Å². The Morgan fingerprint density at radius 2 is 1.94 bits per heavy atom. The first-order valence-corrected chi connectivity index (χ1v) is 10.1. The molecular weight excluding hydrogens is 400 g/mol. The van der Waals surface area contributed by atoms with Gasteiger partial charge in [-0.1, -0.05) is 12.1 Å². The fraction of sp³-hybridized carbons (Fsp3) is 0.429. The number of benzene rings is 1. The Morgan fingerprint density at radius 1 is 1.16 bits per heavy atom. The summed E-state index contributed by atoms with van der Waals surface area (Å²) in [5.41, 5.74) is 1.59. The molecule has 1 aromatic carbocycles. The van der Waals surface area contributed by atoms with Gasteiger partial charge < -0.3 is 29.7 Å². The van der Waals surface area contributed by atoms with Crippen molar-refractivity contribution in [1.29, 1.82) is 0 Å². The number of ether oxygens (including phenoxy) is 1. The van der Waals surface area contributed by atoms with Gasteiger partial charge in [-0.05, 0) is 25.0 Å². The highest BCUT2D eigenvalue weighted by Gasteiger charge is 2.40. The molecule has 1 saturated carbocycles. The molecule has 0 bridgehead atoms. The van der Waals surface area contributed by atoms with Crippen LogP contribution in [0.4, 0.5) is 5.82 Å². The van der Waals surface area contributed by atoms with Gasteiger partial charge in [-0.3, -0.25) is 4.79 Å². The molecule has 4 atom stereocenters. The number of aliphatic hydroxyl groups excluding tert-OH is 2. The van der Waals surface area contributed by atoms with Crippen molar-refractivity contribution in [3.63, 3.8) is 0 Å². The van der Waals surface area contributed by atoms with E-state index in [0.717, 1.165) is 0 Å². The van der Waals surface area contributed by atoms with E-state index >= 15 is 0 Å². The van der Waals surface area contributed by atoms with Crippen LogP contribution in [0.25, 0.3) is 11.2 Å². The lowest BCUT2D eigenvalue weighted by Gasteiger charge is -2.38. The number of para-hydroxylation sites is 1. The molecule has 3 aromatic rings. The van der Waals surface area contributed by atoms with Crippen LogP contribution in [0.1, 0.15) is 29.2 Å². The molecule has 4 rings (SSSR count). The largest absolute Gasteiger partial charge is 0.496 e. The van der Waals surface area contributed by atoms with Crippen LogP contribution in [0, 0.1) is 0 Å². The summed E-state index contributed by atoms with van der Waals surface area (Å²) < 4.78 is 7.01. The Bertz CT molecular complexity index is 1080. The number of imidazole rings is 1. The number of hydrogen-bond acceptors (Lipinski definition) is 8. The number of rotatable bonds is 5. The van der Waals surface area contributed by atoms with Gasteiger partial charge in [0.2, 0.25) is 0 Å². The Labute approximate surface area is 179 Å². The minimum atomic E-state index is -1.15. The zero-order valence-corrected chi connectivity index (χ0v) is 17.6. The highest BCUT2D eigenvalue weighted by atomic mass is 16.5. The molecule has 0 spiro atoms. The summed E-state index contributed by atoms with van der Waals surface area (Å²) in [6.07, 6.45) is 1.83. The van der Waals surface area contributed by atoms with E-state index in [-0.39, 0.29) is 5.91 Å². The van der Waals surface area contributed by atoms with Crippen LogP contribution in [-0.2, 0) is 0 Å². The second kappa shape index (κ2) is 8.48. The van der Waals surface area contributed by atoms with Crippen LogP contribution in [0.3, 0.4) is 0 Å². The molecule has 0 saturated heterocycles. The van der Waals surface area contributed by atoms with E-state index in [1.807, 2.05) is 19.0 Å². The number of methoxy groups -OCH3 is 1. The first-order valence-electron chi connectivity index (χ1n) is 10.1. The predicted molar refractivity (Wildman–Crippen MR) is 114 cm³/mol. The van der Waals surface area contributed by atoms with Crippen molar-refractivity contribution < 1.29 is 19.7 Å². The molecule has 0 radical (unpaired) electrons. The van der Waals surface area contributed by atoms with Crippen LogP contribution in [0.15, 0.2) is 36.9 Å². The lowest BCUT2D eigenvalue weighted by Crippen LogP contribution is -2.54. The molecule has 164 valence electrons. The Balaban J connectivity index is 1.53. The molecule has 3 N–H and O–H groups in total. The standard InChI is InChI=1S/C21H26N6O4/c1-26(2)19-16-20(23-10-22-19)27(11-24-16)14-9-8-13(17(28)18(14)29)25-21(30)12-6-4-5-7-15(12)31-3/h4-7,10-11,13-14,17-18,28-29H,8-9H2,1-3H3,(H,25,30)/t13-,14-,17-,18-/m1/s1. The zero-order chi connectivity index (χ0) is 22.1. The van der Waals surface area contributed by atoms with Crippen molar-refractivity contribution in [3.05, 3.63) is 42.5 Å². The van der Waals surface area contributed by atoms with Gasteiger partial charge in [0.15, 0.2) is 17.0 Å². The molecule has 0 unspecified atom stereocenters. The van der Waals surface area contributed by atoms with Gasteiger partial charge in [-0.15, -0.1) is 0 Å². The van der Waals surface area contributed by atoms with Gasteiger partial charge in [0, 0.05) is 14.1 Å². The van der Waals surface area contributed by atoms with E-state index in [0.29, 0.717) is 41.1 Å². The summed E-state index contributed by atoms with van der Waals surface area (Å²) in [6, 6.07) is 5.86. The highest BCUT2D eigenvalue weighted by molar-refractivity contribution is 5.97. The van der Waals surface area contributed by atoms with Crippen molar-refractivity contribution in [1.82, 2.24) is 24.8 Å². The number of hydrogen-bond donors (Lipinski definition) is 3. The van der Waals surface area contributed by atoms with Crippen LogP contribution in [0.2, 0.25) is 0 Å². The number of aliphatic hydroxyl groups is 2. The SMILES string of the molecule is COc1ccccc1C(=O)N[C@@H]1CC[C@@H](n2cnc3c(N(C)C)ncnc32)[C@@H](O)[C@@H]1O. The second-order valence-corrected chi connectivity index (χ2v) is 7.82. The van der Waals surface area contributed by atoms with Gasteiger partial charge in [0.05, 0.1) is 31.1 Å². The molecule has 2 heterocycles. The number of carbonyl (C=O) groups is 1. The topological polar surface area (TPSA) is 126 Å². The summed E-state index contributed by atoms with van der Waals surface area (Å²) in [4.78, 5) is 27.6. The lowest BCUT2D eigenvalue weighted by molar-refractivity contribution is -0.0552. The van der Waals surface area contributed by atoms with Crippen molar-refractivity contribution in [2.24, 2.45) is 0 Å². The molecule has 2 aromatic heterocycles. The molecule has 1 amide bonds. The monoisotopic (exact) mass is 426 g/mol. The average molecular weight is 426 g/mol. The van der Waals surface area contributed by atoms with E-state index in [1.54, 1.807) is 35.2 Å². The second-order valence-electron chi connectivity index (χ2n) is 7.82. The lowest BCUT2D eigenvalue weighted by atomic mass is 9.85. The van der Waals surface area contributed by atoms with E-state index < -0.39 is 24.3 Å². The summed E-state index contributed by atoms with van der Waals surface area (Å²) in [5, 5.41) is 24.5. The number of amides is 1. The molecule has 1 fully saturated rings. The van der Waals surface area contributed by atoms with Crippen LogP contribution in [-0.4, -0.2) is 75.1 Å². The van der Waals surface area contributed by atoms with Crippen molar-refractivity contribution in [2.45, 2.75) is 37.1 Å². The number of nitrogens with zero attached hydrogens (tertiary/aromatic N) is 5. The Hall–Kier alpha value is -3.24. The highest BCUT2D eigenvalue weighted by Crippen LogP contribution is 2.33. The predicted octanol–water partition coefficient (Wildman–Crippen LogP) is 0.756. The van der Waals surface area contributed by atoms with E-state index in [1.165, 1.54) is 13.4 Å². The first kappa shape index (κ1) is 21.0. The quantitative estimate of drug-likeness (QED) is 0.546. The van der Waals surface area contributed by atoms with E-state index in [2.05, 4.69) is 20.3 Å². The summed E-state index contributed by atoms with van der Waals surface area (Å²) in [6.45, 7) is 0. The number of fused-ring (bicyclic) bond motifs is 1. The third kappa shape index (κ3) is 3.79. The van der Waals surface area contributed by atoms with Crippen molar-refractivity contribution in [3.8, 4) is 5.75 Å². The summed E-state index contributed by atoms with van der Waals surface area (Å²) in [7, 11) is 5.24. The number of aromatic nitrogens is 4. The van der Waals surface area contributed by atoms with E-state index in [9.17, 15) is 15.0 Å². The molecule has 31 heavy (non-hydrogen) atoms. The van der Waals surface area contributed by atoms with Gasteiger partial charge in [0.25, 0.3) is 5.91 Å². The molecule has 1 aliphatic carbocycles. The fourth-order valence-electron chi connectivity index (χ4n) is 4.11. The molecule has 0 aliphatic heterocycles. The normalized spacial score (nSPS) is 23.5. The maximum absolute atomic E-state index is 12.7. The fourth-order valence-corrected chi connectivity index (χ4v) is 4.11. The number of carbonyl (C=O) groups excluding carboxylic acids is 1. The van der Waals surface area contributed by atoms with Gasteiger partial charge in [-0.25, -0.2) is 15.0 Å². The first-order chi connectivity index (χ1) is 14.9. The van der Waals surface area contributed by atoms with E-state index in [4.69, 9.17) is 4.74 Å². The molecular formula is C21H26N6O4. The van der Waals surface area contributed by atoms with Crippen LogP contribution in [0.5, 0.6) is 5.75 Å². The minimum absolute atomic E-state index is 0.358. The minimum Gasteiger partial charge on any atom is -0.496 e. The number of nitrogens with one attached hydrogen (secondary N) is 1. The van der Waals surface area contributed by atoms with Crippen LogP contribution < -0.4 is 15.0 Å². The number of anilines is 1. The molecule has 1 aliphatic rings. The van der Waals surface area contributed by atoms with Gasteiger partial charge in [-0.2, -0.15) is 0 Å².